The van der Waals surface area contributed by atoms with Gasteiger partial charge in [0, 0.05) is 6.07 Å². The van der Waals surface area contributed by atoms with E-state index in [2.05, 4.69) is 23.1 Å². The molecule has 0 radical (unpaired) electrons. The van der Waals surface area contributed by atoms with E-state index in [1.165, 1.54) is 0 Å². The van der Waals surface area contributed by atoms with Crippen LogP contribution in [-0.4, -0.2) is 10.2 Å². The summed E-state index contributed by atoms with van der Waals surface area (Å²) in [6, 6.07) is 6.60. The van der Waals surface area contributed by atoms with Gasteiger partial charge < -0.3 is 10.8 Å². The van der Waals surface area contributed by atoms with Crippen molar-refractivity contribution >= 4 is 23.0 Å². The van der Waals surface area contributed by atoms with Crippen LogP contribution in [0, 0.1) is 0 Å². The summed E-state index contributed by atoms with van der Waals surface area (Å²) in [5, 5.41) is 9.20. The highest BCUT2D eigenvalue weighted by molar-refractivity contribution is 7.80. The Morgan fingerprint density at radius 2 is 2.25 bits per heavy atom. The molecule has 0 aliphatic heterocycles. The third-order valence-electron chi connectivity index (χ3n) is 1.18. The summed E-state index contributed by atoms with van der Waals surface area (Å²) in [5.74, 6) is 0.185. The standard InChI is InChI=1S/C7H9N3OS/c8-7(12)10-9-5-2-1-3-6(11)4-5/h1-4,9,11H,(H3,8,10,12). The van der Waals surface area contributed by atoms with Crippen LogP contribution in [0.15, 0.2) is 24.3 Å². The molecule has 1 aromatic carbocycles. The monoisotopic (exact) mass is 183 g/mol. The fraction of sp³-hybridized carbons (Fsp3) is 0. The summed E-state index contributed by atoms with van der Waals surface area (Å²) in [7, 11) is 0. The van der Waals surface area contributed by atoms with Crippen molar-refractivity contribution in [2.24, 2.45) is 5.73 Å². The molecule has 0 spiro atoms. The van der Waals surface area contributed by atoms with Crippen molar-refractivity contribution in [2.45, 2.75) is 0 Å². The maximum Gasteiger partial charge on any atom is 0.182 e. The van der Waals surface area contributed by atoms with E-state index < -0.39 is 0 Å². The Bertz CT molecular complexity index is 290. The van der Waals surface area contributed by atoms with Crippen LogP contribution in [0.25, 0.3) is 0 Å². The molecule has 0 aliphatic carbocycles. The molecule has 5 heteroatoms. The van der Waals surface area contributed by atoms with Crippen LogP contribution >= 0.6 is 12.2 Å². The topological polar surface area (TPSA) is 70.3 Å². The molecule has 0 amide bonds. The fourth-order valence-corrected chi connectivity index (χ4v) is 0.768. The van der Waals surface area contributed by atoms with Crippen molar-refractivity contribution in [2.75, 3.05) is 5.43 Å². The van der Waals surface area contributed by atoms with Crippen LogP contribution in [0.1, 0.15) is 0 Å². The predicted octanol–water partition coefficient (Wildman–Crippen LogP) is 0.552. The minimum atomic E-state index is 0.151. The quantitative estimate of drug-likeness (QED) is 0.398. The molecule has 0 heterocycles. The van der Waals surface area contributed by atoms with Crippen LogP contribution in [0.3, 0.4) is 0 Å². The summed E-state index contributed by atoms with van der Waals surface area (Å²) in [4.78, 5) is 0. The molecule has 12 heavy (non-hydrogen) atoms. The molecule has 1 aromatic rings. The Labute approximate surface area is 75.4 Å². The van der Waals surface area contributed by atoms with Gasteiger partial charge in [-0.1, -0.05) is 6.07 Å². The van der Waals surface area contributed by atoms with Gasteiger partial charge in [0.25, 0.3) is 0 Å². The number of hydrogen-bond acceptors (Lipinski definition) is 3. The maximum atomic E-state index is 9.05. The average molecular weight is 183 g/mol. The van der Waals surface area contributed by atoms with Gasteiger partial charge in [-0.25, -0.2) is 0 Å². The van der Waals surface area contributed by atoms with Gasteiger partial charge in [-0.05, 0) is 24.4 Å². The number of aromatic hydroxyl groups is 1. The minimum Gasteiger partial charge on any atom is -0.508 e. The van der Waals surface area contributed by atoms with Crippen LogP contribution in [-0.2, 0) is 0 Å². The van der Waals surface area contributed by atoms with Gasteiger partial charge in [0.1, 0.15) is 5.75 Å². The average Bonchev–Trinajstić information content (AvgIpc) is 2.01. The molecule has 0 aliphatic rings. The molecule has 0 unspecified atom stereocenters. The number of hydrogen-bond donors (Lipinski definition) is 4. The summed E-state index contributed by atoms with van der Waals surface area (Å²) >= 11 is 4.57. The van der Waals surface area contributed by atoms with E-state index in [9.17, 15) is 0 Å². The van der Waals surface area contributed by atoms with Crippen LogP contribution in [0.5, 0.6) is 5.75 Å². The molecule has 0 bridgehead atoms. The molecule has 0 fully saturated rings. The largest absolute Gasteiger partial charge is 0.508 e. The second kappa shape index (κ2) is 3.77. The van der Waals surface area contributed by atoms with E-state index in [-0.39, 0.29) is 10.9 Å². The van der Waals surface area contributed by atoms with Gasteiger partial charge in [-0.2, -0.15) is 0 Å². The van der Waals surface area contributed by atoms with Crippen LogP contribution < -0.4 is 16.6 Å². The zero-order valence-corrected chi connectivity index (χ0v) is 7.06. The summed E-state index contributed by atoms with van der Waals surface area (Å²) < 4.78 is 0. The first-order valence-electron chi connectivity index (χ1n) is 3.29. The van der Waals surface area contributed by atoms with Gasteiger partial charge in [0.2, 0.25) is 0 Å². The number of nitrogens with two attached hydrogens (primary N) is 1. The molecule has 0 aromatic heterocycles. The Hall–Kier alpha value is -1.49. The number of rotatable bonds is 2. The summed E-state index contributed by atoms with van der Waals surface area (Å²) in [6.45, 7) is 0. The summed E-state index contributed by atoms with van der Waals surface area (Å²) in [5.41, 5.74) is 11.1. The van der Waals surface area contributed by atoms with Crippen LogP contribution in [0.4, 0.5) is 5.69 Å². The SMILES string of the molecule is NC(=S)NNc1cccc(O)c1. The molecule has 0 atom stereocenters. The zero-order chi connectivity index (χ0) is 8.97. The smallest absolute Gasteiger partial charge is 0.182 e. The lowest BCUT2D eigenvalue weighted by Crippen LogP contribution is -2.33. The lowest BCUT2D eigenvalue weighted by Gasteiger charge is -2.06. The maximum absolute atomic E-state index is 9.05. The third kappa shape index (κ3) is 2.63. The third-order valence-corrected chi connectivity index (χ3v) is 1.28. The van der Waals surface area contributed by atoms with Crippen molar-refractivity contribution in [1.82, 2.24) is 5.43 Å². The number of nitrogens with one attached hydrogen (secondary N) is 2. The number of thiocarbonyl (C=S) groups is 1. The number of anilines is 1. The highest BCUT2D eigenvalue weighted by Gasteiger charge is 1.91. The number of benzene rings is 1. The molecule has 0 saturated carbocycles. The Morgan fingerprint density at radius 3 is 2.83 bits per heavy atom. The lowest BCUT2D eigenvalue weighted by molar-refractivity contribution is 0.475. The van der Waals surface area contributed by atoms with E-state index >= 15 is 0 Å². The number of phenolic OH excluding ortho intramolecular Hbond substituents is 1. The zero-order valence-electron chi connectivity index (χ0n) is 6.24. The normalized spacial score (nSPS) is 9.00. The Morgan fingerprint density at radius 1 is 1.50 bits per heavy atom. The Balaban J connectivity index is 2.57. The number of phenols is 1. The van der Waals surface area contributed by atoms with Gasteiger partial charge in [-0.3, -0.25) is 10.9 Å². The molecular weight excluding hydrogens is 174 g/mol. The minimum absolute atomic E-state index is 0.151. The molecule has 4 nitrogen and oxygen atoms in total. The Kier molecular flexibility index (Phi) is 2.71. The van der Waals surface area contributed by atoms with Crippen molar-refractivity contribution in [3.05, 3.63) is 24.3 Å². The molecule has 5 N–H and O–H groups in total. The second-order valence-corrected chi connectivity index (χ2v) is 2.60. The van der Waals surface area contributed by atoms with Gasteiger partial charge in [-0.15, -0.1) is 0 Å². The van der Waals surface area contributed by atoms with Crippen molar-refractivity contribution in [3.8, 4) is 5.75 Å². The fourth-order valence-electron chi connectivity index (χ4n) is 0.717. The second-order valence-electron chi connectivity index (χ2n) is 2.16. The lowest BCUT2D eigenvalue weighted by atomic mass is 10.3. The molecular formula is C7H9N3OS. The predicted molar refractivity (Wildman–Crippen MR) is 51.7 cm³/mol. The van der Waals surface area contributed by atoms with Gasteiger partial charge >= 0.3 is 0 Å². The van der Waals surface area contributed by atoms with E-state index in [1.54, 1.807) is 24.3 Å². The van der Waals surface area contributed by atoms with Gasteiger partial charge in [0.15, 0.2) is 5.11 Å². The highest BCUT2D eigenvalue weighted by Crippen LogP contribution is 2.13. The van der Waals surface area contributed by atoms with Crippen molar-refractivity contribution < 1.29 is 5.11 Å². The van der Waals surface area contributed by atoms with Crippen molar-refractivity contribution in [1.29, 1.82) is 0 Å². The first kappa shape index (κ1) is 8.61. The molecule has 1 rings (SSSR count). The molecule has 64 valence electrons. The summed E-state index contributed by atoms with van der Waals surface area (Å²) in [6.07, 6.45) is 0. The van der Waals surface area contributed by atoms with Crippen LogP contribution in [0.2, 0.25) is 0 Å². The van der Waals surface area contributed by atoms with E-state index in [1.807, 2.05) is 0 Å². The number of hydrazine groups is 1. The molecule has 0 saturated heterocycles. The van der Waals surface area contributed by atoms with Gasteiger partial charge in [0.05, 0.1) is 5.69 Å². The first-order valence-corrected chi connectivity index (χ1v) is 3.70. The van der Waals surface area contributed by atoms with Crippen molar-refractivity contribution in [3.63, 3.8) is 0 Å². The first-order chi connectivity index (χ1) is 5.68. The van der Waals surface area contributed by atoms with E-state index in [4.69, 9.17) is 10.8 Å². The van der Waals surface area contributed by atoms with E-state index in [0.717, 1.165) is 0 Å². The highest BCUT2D eigenvalue weighted by atomic mass is 32.1. The van der Waals surface area contributed by atoms with E-state index in [0.29, 0.717) is 5.69 Å².